The fourth-order valence-corrected chi connectivity index (χ4v) is 7.18. The highest BCUT2D eigenvalue weighted by atomic mass is 16.5. The SMILES string of the molecule is CC(=O)O[C@H]1CC[C@@]2(C)C(=CC[C@@H]3[C@@H]2CC[C@@]2(C)[C@H]3C[C@@H](O)[C@]2(O)C#N)C1. The Hall–Kier alpha value is -1.38. The zero-order valence-electron chi connectivity index (χ0n) is 16.6. The summed E-state index contributed by atoms with van der Waals surface area (Å²) in [7, 11) is 0. The lowest BCUT2D eigenvalue weighted by Gasteiger charge is -2.58. The smallest absolute Gasteiger partial charge is 0.302 e. The molecule has 0 aromatic heterocycles. The van der Waals surface area contributed by atoms with Crippen molar-refractivity contribution in [2.75, 3.05) is 0 Å². The summed E-state index contributed by atoms with van der Waals surface area (Å²) in [4.78, 5) is 11.3. The number of ether oxygens (including phenoxy) is 1. The van der Waals surface area contributed by atoms with Crippen molar-refractivity contribution in [2.24, 2.45) is 28.6 Å². The molecule has 0 aromatic rings. The number of hydrogen-bond donors (Lipinski definition) is 2. The van der Waals surface area contributed by atoms with Crippen LogP contribution in [0.15, 0.2) is 11.6 Å². The summed E-state index contributed by atoms with van der Waals surface area (Å²) in [6.45, 7) is 5.83. The third-order valence-corrected chi connectivity index (χ3v) is 8.78. The Kier molecular flexibility index (Phi) is 4.25. The second-order valence-corrected chi connectivity index (χ2v) is 9.82. The average molecular weight is 373 g/mol. The fourth-order valence-electron chi connectivity index (χ4n) is 7.18. The van der Waals surface area contributed by atoms with E-state index in [2.05, 4.69) is 19.1 Å². The van der Waals surface area contributed by atoms with E-state index in [-0.39, 0.29) is 23.4 Å². The van der Waals surface area contributed by atoms with E-state index in [9.17, 15) is 20.3 Å². The predicted octanol–water partition coefficient (Wildman–Crippen LogP) is 3.11. The van der Waals surface area contributed by atoms with Gasteiger partial charge < -0.3 is 14.9 Å². The molecule has 0 radical (unpaired) electrons. The van der Waals surface area contributed by atoms with Crippen molar-refractivity contribution < 1.29 is 19.7 Å². The second kappa shape index (κ2) is 6.06. The van der Waals surface area contributed by atoms with Gasteiger partial charge in [0.05, 0.1) is 6.10 Å². The van der Waals surface area contributed by atoms with Crippen molar-refractivity contribution in [3.63, 3.8) is 0 Å². The number of nitrogens with zero attached hydrogens (tertiary/aromatic N) is 1. The van der Waals surface area contributed by atoms with Gasteiger partial charge in [-0.05, 0) is 61.7 Å². The molecule has 0 saturated heterocycles. The van der Waals surface area contributed by atoms with E-state index in [1.54, 1.807) is 0 Å². The van der Waals surface area contributed by atoms with Gasteiger partial charge in [-0.1, -0.05) is 25.5 Å². The van der Waals surface area contributed by atoms with Crippen molar-refractivity contribution in [3.8, 4) is 6.07 Å². The molecule has 148 valence electrons. The highest BCUT2D eigenvalue weighted by Crippen LogP contribution is 2.67. The van der Waals surface area contributed by atoms with Crippen LogP contribution in [0.4, 0.5) is 0 Å². The number of rotatable bonds is 1. The molecule has 8 atom stereocenters. The van der Waals surface area contributed by atoms with Crippen LogP contribution in [0.1, 0.15) is 65.7 Å². The van der Waals surface area contributed by atoms with Gasteiger partial charge in [0.1, 0.15) is 12.2 Å². The standard InChI is InChI=1S/C22H31NO4/c1-13(24)27-15-6-8-20(2)14(10-15)4-5-16-17(20)7-9-21(3)18(16)11-19(25)22(21,26)12-23/h4,15-19,25-26H,5-11H2,1-3H3/t15-,16+,17-,18-,19+,20-,21-,22+/m0/s1. The molecule has 0 bridgehead atoms. The van der Waals surface area contributed by atoms with Crippen LogP contribution in [0.3, 0.4) is 0 Å². The molecule has 4 rings (SSSR count). The van der Waals surface area contributed by atoms with E-state index in [0.717, 1.165) is 38.5 Å². The summed E-state index contributed by atoms with van der Waals surface area (Å²) >= 11 is 0. The lowest BCUT2D eigenvalue weighted by molar-refractivity contribution is -0.149. The summed E-state index contributed by atoms with van der Waals surface area (Å²) < 4.78 is 5.48. The number of fused-ring (bicyclic) bond motifs is 5. The van der Waals surface area contributed by atoms with Gasteiger partial charge in [-0.3, -0.25) is 4.79 Å². The number of hydrogen-bond acceptors (Lipinski definition) is 5. The lowest BCUT2D eigenvalue weighted by atomic mass is 9.47. The van der Waals surface area contributed by atoms with Crippen LogP contribution in [-0.2, 0) is 9.53 Å². The molecule has 0 aliphatic heterocycles. The van der Waals surface area contributed by atoms with Crippen LogP contribution >= 0.6 is 0 Å². The number of aliphatic hydroxyl groups is 2. The Morgan fingerprint density at radius 3 is 2.70 bits per heavy atom. The Labute approximate surface area is 161 Å². The molecule has 27 heavy (non-hydrogen) atoms. The summed E-state index contributed by atoms with van der Waals surface area (Å²) in [5.41, 5.74) is -0.669. The molecule has 0 heterocycles. The number of nitriles is 1. The first-order chi connectivity index (χ1) is 12.7. The Balaban J connectivity index is 1.63. The van der Waals surface area contributed by atoms with E-state index in [1.807, 2.05) is 6.92 Å². The maximum atomic E-state index is 11.3. The van der Waals surface area contributed by atoms with Gasteiger partial charge in [0.2, 0.25) is 0 Å². The summed E-state index contributed by atoms with van der Waals surface area (Å²) in [5.74, 6) is 0.848. The topological polar surface area (TPSA) is 90.6 Å². The number of esters is 1. The third kappa shape index (κ3) is 2.46. The fraction of sp³-hybridized carbons (Fsp3) is 0.818. The van der Waals surface area contributed by atoms with E-state index in [1.165, 1.54) is 12.5 Å². The Bertz CT molecular complexity index is 726. The summed E-state index contributed by atoms with van der Waals surface area (Å²) in [6.07, 6.45) is 7.27. The molecule has 0 aromatic carbocycles. The molecule has 5 nitrogen and oxygen atoms in total. The first-order valence-electron chi connectivity index (χ1n) is 10.3. The molecule has 2 N–H and O–H groups in total. The van der Waals surface area contributed by atoms with Gasteiger partial charge in [0.15, 0.2) is 5.60 Å². The van der Waals surface area contributed by atoms with Crippen LogP contribution in [0.2, 0.25) is 0 Å². The predicted molar refractivity (Wildman–Crippen MR) is 99.2 cm³/mol. The molecular formula is C22H31NO4. The highest BCUT2D eigenvalue weighted by molar-refractivity contribution is 5.66. The number of aliphatic hydroxyl groups excluding tert-OH is 1. The number of carbonyl (C=O) groups is 1. The highest BCUT2D eigenvalue weighted by Gasteiger charge is 2.67. The minimum Gasteiger partial charge on any atom is -0.462 e. The van der Waals surface area contributed by atoms with Crippen LogP contribution in [0.5, 0.6) is 0 Å². The van der Waals surface area contributed by atoms with Gasteiger partial charge >= 0.3 is 5.97 Å². The van der Waals surface area contributed by atoms with Gasteiger partial charge in [0.25, 0.3) is 0 Å². The van der Waals surface area contributed by atoms with Crippen molar-refractivity contribution in [1.29, 1.82) is 5.26 Å². The van der Waals surface area contributed by atoms with Crippen molar-refractivity contribution >= 4 is 5.97 Å². The molecule has 5 heteroatoms. The van der Waals surface area contributed by atoms with E-state index >= 15 is 0 Å². The average Bonchev–Trinajstić information content (AvgIpc) is 2.82. The van der Waals surface area contributed by atoms with Gasteiger partial charge in [-0.25, -0.2) is 0 Å². The molecule has 0 unspecified atom stereocenters. The van der Waals surface area contributed by atoms with Crippen molar-refractivity contribution in [1.82, 2.24) is 0 Å². The first kappa shape index (κ1) is 19.0. The van der Waals surface area contributed by atoms with Gasteiger partial charge in [-0.15, -0.1) is 0 Å². The van der Waals surface area contributed by atoms with E-state index < -0.39 is 17.1 Å². The Morgan fingerprint density at radius 1 is 1.30 bits per heavy atom. The molecule has 4 aliphatic carbocycles. The van der Waals surface area contributed by atoms with Crippen LogP contribution < -0.4 is 0 Å². The van der Waals surface area contributed by atoms with E-state index in [0.29, 0.717) is 18.3 Å². The zero-order chi connectivity index (χ0) is 19.6. The quantitative estimate of drug-likeness (QED) is 0.419. The van der Waals surface area contributed by atoms with E-state index in [4.69, 9.17) is 4.74 Å². The molecule has 3 saturated carbocycles. The van der Waals surface area contributed by atoms with Crippen LogP contribution in [0.25, 0.3) is 0 Å². The van der Waals surface area contributed by atoms with Gasteiger partial charge in [-0.2, -0.15) is 5.26 Å². The maximum absolute atomic E-state index is 11.3. The number of carbonyl (C=O) groups excluding carboxylic acids is 1. The molecule has 0 spiro atoms. The van der Waals surface area contributed by atoms with Crippen molar-refractivity contribution in [2.45, 2.75) is 83.5 Å². The number of allylic oxidation sites excluding steroid dienone is 1. The van der Waals surface area contributed by atoms with Crippen LogP contribution in [0, 0.1) is 39.9 Å². The molecule has 3 fully saturated rings. The normalized spacial score (nSPS) is 51.3. The zero-order valence-corrected chi connectivity index (χ0v) is 16.6. The second-order valence-electron chi connectivity index (χ2n) is 9.82. The largest absolute Gasteiger partial charge is 0.462 e. The van der Waals surface area contributed by atoms with Crippen LogP contribution in [-0.4, -0.2) is 34.0 Å². The maximum Gasteiger partial charge on any atom is 0.302 e. The monoisotopic (exact) mass is 373 g/mol. The van der Waals surface area contributed by atoms with Gasteiger partial charge in [0, 0.05) is 18.8 Å². The Morgan fingerprint density at radius 2 is 2.04 bits per heavy atom. The summed E-state index contributed by atoms with van der Waals surface area (Å²) in [6, 6.07) is 2.06. The lowest BCUT2D eigenvalue weighted by Crippen LogP contribution is -2.56. The molecule has 4 aliphatic rings. The molecule has 0 amide bonds. The minimum absolute atomic E-state index is 0.00999. The van der Waals surface area contributed by atoms with Crippen molar-refractivity contribution in [3.05, 3.63) is 11.6 Å². The molecular weight excluding hydrogens is 342 g/mol. The third-order valence-electron chi connectivity index (χ3n) is 8.78. The first-order valence-corrected chi connectivity index (χ1v) is 10.3. The summed E-state index contributed by atoms with van der Waals surface area (Å²) in [5, 5.41) is 31.1. The minimum atomic E-state index is -1.64.